The van der Waals surface area contributed by atoms with E-state index < -0.39 is 0 Å². The van der Waals surface area contributed by atoms with Gasteiger partial charge in [-0.3, -0.25) is 10.1 Å². The molecule has 1 aliphatic carbocycles. The minimum Gasteiger partial charge on any atom is -0.461 e. The third-order valence-electron chi connectivity index (χ3n) is 2.84. The maximum Gasteiger partial charge on any atom is 0.216 e. The fourth-order valence-electron chi connectivity index (χ4n) is 1.67. The van der Waals surface area contributed by atoms with E-state index in [1.54, 1.807) is 13.3 Å². The van der Waals surface area contributed by atoms with Crippen LogP contribution in [0.4, 0.5) is 0 Å². The van der Waals surface area contributed by atoms with E-state index in [4.69, 9.17) is 4.42 Å². The number of furan rings is 1. The van der Waals surface area contributed by atoms with E-state index in [2.05, 4.69) is 30.8 Å². The largest absolute Gasteiger partial charge is 0.461 e. The summed E-state index contributed by atoms with van der Waals surface area (Å²) in [5.41, 5.74) is 0. The number of hydrogen-bond donors (Lipinski definition) is 3. The van der Waals surface area contributed by atoms with Crippen LogP contribution in [0.5, 0.6) is 0 Å². The molecule has 100 valence electrons. The lowest BCUT2D eigenvalue weighted by Crippen LogP contribution is -2.38. The van der Waals surface area contributed by atoms with Crippen LogP contribution < -0.4 is 10.6 Å². The quantitative estimate of drug-likeness (QED) is 0.561. The third kappa shape index (κ3) is 2.93. The Morgan fingerprint density at radius 2 is 2.47 bits per heavy atom. The molecule has 0 aliphatic heterocycles. The lowest BCUT2D eigenvalue weighted by Gasteiger charge is -2.09. The first kappa shape index (κ1) is 11.8. The normalized spacial score (nSPS) is 15.5. The van der Waals surface area contributed by atoms with E-state index in [0.717, 1.165) is 11.8 Å². The van der Waals surface area contributed by atoms with Gasteiger partial charge in [0.05, 0.1) is 12.8 Å². The summed E-state index contributed by atoms with van der Waals surface area (Å²) in [6.07, 6.45) is 4.03. The van der Waals surface area contributed by atoms with E-state index in [1.165, 1.54) is 12.8 Å². The number of rotatable bonds is 4. The number of aromatic amines is 1. The molecular weight excluding hydrogens is 244 g/mol. The van der Waals surface area contributed by atoms with Crippen LogP contribution in [0.25, 0.3) is 11.6 Å². The fraction of sp³-hybridized carbons (Fsp3) is 0.417. The molecule has 0 bridgehead atoms. The Kier molecular flexibility index (Phi) is 3.18. The summed E-state index contributed by atoms with van der Waals surface area (Å²) in [7, 11) is 1.76. The minimum atomic E-state index is 0.542. The summed E-state index contributed by atoms with van der Waals surface area (Å²) in [4.78, 5) is 8.50. The van der Waals surface area contributed by atoms with Crippen LogP contribution in [0.1, 0.15) is 18.7 Å². The van der Waals surface area contributed by atoms with Crippen LogP contribution in [0.2, 0.25) is 0 Å². The van der Waals surface area contributed by atoms with Gasteiger partial charge in [-0.1, -0.05) is 0 Å². The van der Waals surface area contributed by atoms with Gasteiger partial charge in [0, 0.05) is 13.1 Å². The summed E-state index contributed by atoms with van der Waals surface area (Å²) in [6, 6.07) is 4.21. The first-order chi connectivity index (χ1) is 9.35. The molecule has 1 aliphatic rings. The lowest BCUT2D eigenvalue weighted by molar-refractivity contribution is 0.577. The summed E-state index contributed by atoms with van der Waals surface area (Å²) >= 11 is 0. The van der Waals surface area contributed by atoms with E-state index >= 15 is 0 Å². The van der Waals surface area contributed by atoms with Crippen molar-refractivity contribution in [3.05, 3.63) is 24.2 Å². The fourth-order valence-corrected chi connectivity index (χ4v) is 1.67. The van der Waals surface area contributed by atoms with Gasteiger partial charge in [-0.2, -0.15) is 0 Å². The van der Waals surface area contributed by atoms with Crippen LogP contribution in [0.3, 0.4) is 0 Å². The molecule has 3 rings (SSSR count). The predicted molar refractivity (Wildman–Crippen MR) is 70.4 cm³/mol. The van der Waals surface area contributed by atoms with Gasteiger partial charge in [-0.25, -0.2) is 4.98 Å². The van der Waals surface area contributed by atoms with E-state index in [-0.39, 0.29) is 0 Å². The molecule has 2 heterocycles. The van der Waals surface area contributed by atoms with Crippen LogP contribution >= 0.6 is 0 Å². The van der Waals surface area contributed by atoms with Crippen molar-refractivity contribution in [3.63, 3.8) is 0 Å². The summed E-state index contributed by atoms with van der Waals surface area (Å²) in [5, 5.41) is 13.5. The highest BCUT2D eigenvalue weighted by Gasteiger charge is 2.22. The number of guanidine groups is 1. The molecule has 19 heavy (non-hydrogen) atoms. The number of hydrogen-bond acceptors (Lipinski definition) is 4. The second-order valence-electron chi connectivity index (χ2n) is 4.43. The van der Waals surface area contributed by atoms with Crippen LogP contribution in [0.15, 0.2) is 27.8 Å². The first-order valence-corrected chi connectivity index (χ1v) is 6.27. The van der Waals surface area contributed by atoms with E-state index in [9.17, 15) is 0 Å². The molecule has 1 saturated carbocycles. The Morgan fingerprint density at radius 3 is 3.16 bits per heavy atom. The predicted octanol–water partition coefficient (Wildman–Crippen LogP) is 0.892. The first-order valence-electron chi connectivity index (χ1n) is 6.27. The molecule has 7 nitrogen and oxygen atoms in total. The Balaban J connectivity index is 1.57. The van der Waals surface area contributed by atoms with Crippen LogP contribution in [-0.4, -0.2) is 34.2 Å². The van der Waals surface area contributed by atoms with Crippen LogP contribution in [-0.2, 0) is 6.54 Å². The average molecular weight is 260 g/mol. The maximum atomic E-state index is 5.24. The van der Waals surface area contributed by atoms with Gasteiger partial charge in [0.15, 0.2) is 11.7 Å². The molecule has 2 aromatic heterocycles. The Hall–Kier alpha value is -2.31. The zero-order valence-electron chi connectivity index (χ0n) is 10.7. The standard InChI is InChI=1S/C12H16N6O/c1-13-12(15-8-4-5-8)14-7-10-16-11(18-17-10)9-3-2-6-19-9/h2-3,6,8H,4-5,7H2,1H3,(H2,13,14,15)(H,16,17,18). The molecule has 3 N–H and O–H groups in total. The molecule has 1 fully saturated rings. The second kappa shape index (κ2) is 5.13. The van der Waals surface area contributed by atoms with E-state index in [0.29, 0.717) is 24.2 Å². The summed E-state index contributed by atoms with van der Waals surface area (Å²) in [5.74, 6) is 2.75. The minimum absolute atomic E-state index is 0.542. The van der Waals surface area contributed by atoms with Gasteiger partial charge < -0.3 is 15.1 Å². The monoisotopic (exact) mass is 260 g/mol. The van der Waals surface area contributed by atoms with Crippen molar-refractivity contribution in [3.8, 4) is 11.6 Å². The molecule has 0 amide bonds. The van der Waals surface area contributed by atoms with Crippen molar-refractivity contribution >= 4 is 5.96 Å². The molecule has 0 saturated heterocycles. The highest BCUT2D eigenvalue weighted by Crippen LogP contribution is 2.18. The van der Waals surface area contributed by atoms with Crippen molar-refractivity contribution < 1.29 is 4.42 Å². The molecule has 2 aromatic rings. The number of aromatic nitrogens is 3. The molecule has 7 heteroatoms. The number of H-pyrrole nitrogens is 1. The molecular formula is C12H16N6O. The van der Waals surface area contributed by atoms with Crippen LogP contribution in [0, 0.1) is 0 Å². The zero-order valence-corrected chi connectivity index (χ0v) is 10.7. The van der Waals surface area contributed by atoms with E-state index in [1.807, 2.05) is 12.1 Å². The topological polar surface area (TPSA) is 91.1 Å². The molecule has 0 radical (unpaired) electrons. The maximum absolute atomic E-state index is 5.24. The molecule has 0 atom stereocenters. The molecule has 0 unspecified atom stereocenters. The van der Waals surface area contributed by atoms with Gasteiger partial charge in [0.1, 0.15) is 5.82 Å². The summed E-state index contributed by atoms with van der Waals surface area (Å²) < 4.78 is 5.24. The highest BCUT2D eigenvalue weighted by molar-refractivity contribution is 5.80. The Bertz CT molecular complexity index is 555. The second-order valence-corrected chi connectivity index (χ2v) is 4.43. The van der Waals surface area contributed by atoms with Gasteiger partial charge in [-0.05, 0) is 25.0 Å². The highest BCUT2D eigenvalue weighted by atomic mass is 16.3. The smallest absolute Gasteiger partial charge is 0.216 e. The van der Waals surface area contributed by atoms with Crippen molar-refractivity contribution in [2.24, 2.45) is 4.99 Å². The summed E-state index contributed by atoms with van der Waals surface area (Å²) in [6.45, 7) is 0.542. The number of nitrogens with zero attached hydrogens (tertiary/aromatic N) is 3. The number of nitrogens with one attached hydrogen (secondary N) is 3. The SMILES string of the molecule is CN=C(NCc1nc(-c2ccco2)n[nH]1)NC1CC1. The van der Waals surface area contributed by atoms with Crippen molar-refractivity contribution in [1.29, 1.82) is 0 Å². The van der Waals surface area contributed by atoms with Crippen molar-refractivity contribution in [2.75, 3.05) is 7.05 Å². The van der Waals surface area contributed by atoms with Gasteiger partial charge in [-0.15, -0.1) is 5.10 Å². The third-order valence-corrected chi connectivity index (χ3v) is 2.84. The Labute approximate surface area is 110 Å². The molecule has 0 aromatic carbocycles. The zero-order chi connectivity index (χ0) is 13.1. The Morgan fingerprint density at radius 1 is 1.58 bits per heavy atom. The lowest BCUT2D eigenvalue weighted by atomic mass is 10.4. The van der Waals surface area contributed by atoms with Gasteiger partial charge >= 0.3 is 0 Å². The van der Waals surface area contributed by atoms with Crippen molar-refractivity contribution in [2.45, 2.75) is 25.4 Å². The van der Waals surface area contributed by atoms with Crippen molar-refractivity contribution in [1.82, 2.24) is 25.8 Å². The van der Waals surface area contributed by atoms with Gasteiger partial charge in [0.25, 0.3) is 0 Å². The average Bonchev–Trinajstić information content (AvgIpc) is 2.94. The molecule has 0 spiro atoms. The number of aliphatic imine (C=N–C) groups is 1. The van der Waals surface area contributed by atoms with Gasteiger partial charge in [0.2, 0.25) is 5.82 Å².